The van der Waals surface area contributed by atoms with Gasteiger partial charge in [-0.2, -0.15) is 0 Å². The van der Waals surface area contributed by atoms with Crippen LogP contribution in [0.1, 0.15) is 13.3 Å². The lowest BCUT2D eigenvalue weighted by Gasteiger charge is -1.95. The summed E-state index contributed by atoms with van der Waals surface area (Å²) >= 11 is 0. The van der Waals surface area contributed by atoms with Crippen LogP contribution in [0.25, 0.3) is 0 Å². The van der Waals surface area contributed by atoms with E-state index in [1.807, 2.05) is 0 Å². The van der Waals surface area contributed by atoms with E-state index in [0.717, 1.165) is 5.92 Å². The topological polar surface area (TPSA) is 0 Å². The highest BCUT2D eigenvalue weighted by molar-refractivity contribution is 5.32. The highest BCUT2D eigenvalue weighted by Gasteiger charge is 2.47. The number of hydrogen-bond acceptors (Lipinski definition) is 0. The minimum Gasteiger partial charge on any atom is -0.0743 e. The molecule has 0 aliphatic heterocycles. The van der Waals surface area contributed by atoms with Crippen molar-refractivity contribution in [3.8, 4) is 0 Å². The maximum atomic E-state index is 2.32. The van der Waals surface area contributed by atoms with E-state index in [1.54, 1.807) is 0 Å². The van der Waals surface area contributed by atoms with E-state index in [-0.39, 0.29) is 0 Å². The fourth-order valence-corrected chi connectivity index (χ4v) is 1.46. The Kier molecular flexibility index (Phi) is 0.585. The summed E-state index contributed by atoms with van der Waals surface area (Å²) in [5.41, 5.74) is 0.542. The predicted molar refractivity (Wildman–Crippen MR) is 34.5 cm³/mol. The third-order valence-corrected chi connectivity index (χ3v) is 2.34. The summed E-state index contributed by atoms with van der Waals surface area (Å²) < 4.78 is 0. The lowest BCUT2D eigenvalue weighted by molar-refractivity contribution is 0.756. The monoisotopic (exact) mass is 106 g/mol. The first-order valence-corrected chi connectivity index (χ1v) is 3.21. The van der Waals surface area contributed by atoms with Crippen molar-refractivity contribution in [2.75, 3.05) is 0 Å². The molecular formula is C8H10. The Balaban J connectivity index is 2.30. The minimum atomic E-state index is 0.542. The van der Waals surface area contributed by atoms with E-state index in [1.165, 1.54) is 6.42 Å². The molecular weight excluding hydrogens is 96.1 g/mol. The van der Waals surface area contributed by atoms with Crippen LogP contribution in [0.3, 0.4) is 0 Å². The van der Waals surface area contributed by atoms with Crippen LogP contribution in [0.5, 0.6) is 0 Å². The maximum Gasteiger partial charge on any atom is 0.00961 e. The van der Waals surface area contributed by atoms with Crippen molar-refractivity contribution in [1.82, 2.24) is 0 Å². The lowest BCUT2D eigenvalue weighted by atomic mass is 10.1. The minimum absolute atomic E-state index is 0.542. The molecule has 0 heteroatoms. The van der Waals surface area contributed by atoms with Crippen LogP contribution < -0.4 is 0 Å². The number of allylic oxidation sites excluding steroid dienone is 4. The van der Waals surface area contributed by atoms with E-state index < -0.39 is 0 Å². The van der Waals surface area contributed by atoms with Crippen molar-refractivity contribution >= 4 is 0 Å². The molecule has 8 heavy (non-hydrogen) atoms. The molecule has 0 bridgehead atoms. The van der Waals surface area contributed by atoms with Crippen molar-refractivity contribution in [3.63, 3.8) is 0 Å². The zero-order chi connectivity index (χ0) is 5.61. The van der Waals surface area contributed by atoms with Crippen molar-refractivity contribution in [2.45, 2.75) is 13.3 Å². The van der Waals surface area contributed by atoms with Crippen LogP contribution in [-0.2, 0) is 0 Å². The highest BCUT2D eigenvalue weighted by Crippen LogP contribution is 2.56. The van der Waals surface area contributed by atoms with Gasteiger partial charge >= 0.3 is 0 Å². The Labute approximate surface area is 49.9 Å². The zero-order valence-corrected chi connectivity index (χ0v) is 5.09. The fourth-order valence-electron chi connectivity index (χ4n) is 1.46. The summed E-state index contributed by atoms with van der Waals surface area (Å²) in [6.07, 6.45) is 10.3. The van der Waals surface area contributed by atoms with Gasteiger partial charge in [0.2, 0.25) is 0 Å². The van der Waals surface area contributed by atoms with Crippen LogP contribution in [0, 0.1) is 11.3 Å². The van der Waals surface area contributed by atoms with Gasteiger partial charge < -0.3 is 0 Å². The zero-order valence-electron chi connectivity index (χ0n) is 5.09. The SMILES string of the molecule is CC1CC12C=CC=C2. The van der Waals surface area contributed by atoms with Gasteiger partial charge in [0.15, 0.2) is 0 Å². The van der Waals surface area contributed by atoms with E-state index >= 15 is 0 Å². The highest BCUT2D eigenvalue weighted by atomic mass is 14.5. The quantitative estimate of drug-likeness (QED) is 0.444. The molecule has 0 aromatic carbocycles. The molecule has 0 aromatic heterocycles. The van der Waals surface area contributed by atoms with Gasteiger partial charge in [-0.25, -0.2) is 0 Å². The van der Waals surface area contributed by atoms with Crippen LogP contribution in [0.4, 0.5) is 0 Å². The van der Waals surface area contributed by atoms with Gasteiger partial charge in [-0.1, -0.05) is 31.2 Å². The molecule has 0 nitrogen and oxygen atoms in total. The Morgan fingerprint density at radius 1 is 1.38 bits per heavy atom. The third kappa shape index (κ3) is 0.360. The average Bonchev–Trinajstić information content (AvgIpc) is 2.29. The second-order valence-electron chi connectivity index (χ2n) is 2.94. The first-order valence-electron chi connectivity index (χ1n) is 3.21. The van der Waals surface area contributed by atoms with Gasteiger partial charge in [-0.15, -0.1) is 0 Å². The summed E-state index contributed by atoms with van der Waals surface area (Å²) in [5.74, 6) is 0.914. The molecule has 1 saturated carbocycles. The molecule has 2 aliphatic carbocycles. The van der Waals surface area contributed by atoms with Crippen LogP contribution in [0.15, 0.2) is 24.3 Å². The molecule has 2 rings (SSSR count). The first-order chi connectivity index (χ1) is 3.83. The summed E-state index contributed by atoms with van der Waals surface area (Å²) in [7, 11) is 0. The second kappa shape index (κ2) is 1.07. The van der Waals surface area contributed by atoms with Gasteiger partial charge in [-0.05, 0) is 12.3 Å². The van der Waals surface area contributed by atoms with Gasteiger partial charge in [0.25, 0.3) is 0 Å². The fraction of sp³-hybridized carbons (Fsp3) is 0.500. The first kappa shape index (κ1) is 4.37. The molecule has 1 fully saturated rings. The van der Waals surface area contributed by atoms with Crippen molar-refractivity contribution < 1.29 is 0 Å². The molecule has 0 amide bonds. The molecule has 0 saturated heterocycles. The molecule has 0 radical (unpaired) electrons. The predicted octanol–water partition coefficient (Wildman–Crippen LogP) is 2.14. The molecule has 0 aromatic rings. The van der Waals surface area contributed by atoms with Gasteiger partial charge in [0.1, 0.15) is 0 Å². The van der Waals surface area contributed by atoms with Gasteiger partial charge in [-0.3, -0.25) is 0 Å². The number of hydrogen-bond donors (Lipinski definition) is 0. The summed E-state index contributed by atoms with van der Waals surface area (Å²) in [4.78, 5) is 0. The Bertz CT molecular complexity index is 151. The van der Waals surface area contributed by atoms with E-state index in [9.17, 15) is 0 Å². The van der Waals surface area contributed by atoms with E-state index in [4.69, 9.17) is 0 Å². The molecule has 1 atom stereocenters. The summed E-state index contributed by atoms with van der Waals surface area (Å²) in [6, 6.07) is 0. The van der Waals surface area contributed by atoms with Crippen molar-refractivity contribution in [1.29, 1.82) is 0 Å². The summed E-state index contributed by atoms with van der Waals surface area (Å²) in [5, 5.41) is 0. The molecule has 0 heterocycles. The molecule has 0 N–H and O–H groups in total. The van der Waals surface area contributed by atoms with Crippen LogP contribution >= 0.6 is 0 Å². The maximum absolute atomic E-state index is 2.32. The van der Waals surface area contributed by atoms with E-state index in [2.05, 4.69) is 31.2 Å². The van der Waals surface area contributed by atoms with Gasteiger partial charge in [0, 0.05) is 5.41 Å². The standard InChI is InChI=1S/C8H10/c1-7-6-8(7)4-2-3-5-8/h2-5,7H,6H2,1H3. The van der Waals surface area contributed by atoms with Crippen LogP contribution in [0.2, 0.25) is 0 Å². The largest absolute Gasteiger partial charge is 0.0743 e. The van der Waals surface area contributed by atoms with Crippen LogP contribution in [-0.4, -0.2) is 0 Å². The average molecular weight is 106 g/mol. The van der Waals surface area contributed by atoms with Crippen molar-refractivity contribution in [3.05, 3.63) is 24.3 Å². The Morgan fingerprint density at radius 2 is 1.88 bits per heavy atom. The summed E-state index contributed by atoms with van der Waals surface area (Å²) in [6.45, 7) is 2.31. The smallest absolute Gasteiger partial charge is 0.00961 e. The molecule has 42 valence electrons. The third-order valence-electron chi connectivity index (χ3n) is 2.34. The Hall–Kier alpha value is -0.520. The number of rotatable bonds is 0. The Morgan fingerprint density at radius 3 is 2.12 bits per heavy atom. The second-order valence-corrected chi connectivity index (χ2v) is 2.94. The van der Waals surface area contributed by atoms with E-state index in [0.29, 0.717) is 5.41 Å². The molecule has 2 aliphatic rings. The van der Waals surface area contributed by atoms with Crippen molar-refractivity contribution in [2.24, 2.45) is 11.3 Å². The molecule has 1 spiro atoms. The lowest BCUT2D eigenvalue weighted by Crippen LogP contribution is -1.86. The molecule has 1 unspecified atom stereocenters. The normalized spacial score (nSPS) is 36.9. The van der Waals surface area contributed by atoms with Gasteiger partial charge in [0.05, 0.1) is 0 Å².